The van der Waals surface area contributed by atoms with Crippen molar-refractivity contribution in [3.8, 4) is 5.75 Å². The average molecular weight is 451 g/mol. The molecule has 0 radical (unpaired) electrons. The predicted molar refractivity (Wildman–Crippen MR) is 96.2 cm³/mol. The fourth-order valence-electron chi connectivity index (χ4n) is 1.80. The first-order valence-corrected chi connectivity index (χ1v) is 8.32. The number of methoxy groups -OCH3 is 1. The summed E-state index contributed by atoms with van der Waals surface area (Å²) in [6.45, 7) is 5.27. The van der Waals surface area contributed by atoms with Gasteiger partial charge in [0.05, 0.1) is 3.57 Å². The number of carbonyl (C=O) groups is 2. The highest BCUT2D eigenvalue weighted by molar-refractivity contribution is 14.1. The summed E-state index contributed by atoms with van der Waals surface area (Å²) in [7, 11) is 1.53. The highest BCUT2D eigenvalue weighted by Gasteiger charge is 2.24. The molecule has 8 heteroatoms. The van der Waals surface area contributed by atoms with Gasteiger partial charge in [-0.15, -0.1) is 0 Å². The van der Waals surface area contributed by atoms with Crippen LogP contribution in [0.3, 0.4) is 0 Å². The van der Waals surface area contributed by atoms with Crippen molar-refractivity contribution in [1.82, 2.24) is 5.32 Å². The summed E-state index contributed by atoms with van der Waals surface area (Å²) in [5.74, 6) is -0.483. The Labute approximate surface area is 154 Å². The molecule has 134 valence electrons. The van der Waals surface area contributed by atoms with Crippen LogP contribution in [0.1, 0.15) is 26.3 Å². The molecule has 0 saturated carbocycles. The Morgan fingerprint density at radius 2 is 2.00 bits per heavy atom. The van der Waals surface area contributed by atoms with Crippen LogP contribution in [0, 0.1) is 3.57 Å². The maximum absolute atomic E-state index is 11.8. The standard InChI is InChI=1S/C16H22INO6/c1-16(2,3)24-15(21)18-12(14(19)20)8-10-5-6-13(11(17)7-10)23-9-22-4/h5-7,12H,8-9H2,1-4H3,(H,18,21)(H,19,20)/t12-/m0/s1. The molecule has 1 atom stereocenters. The first-order chi connectivity index (χ1) is 11.1. The van der Waals surface area contributed by atoms with Crippen LogP contribution in [0.15, 0.2) is 18.2 Å². The van der Waals surface area contributed by atoms with Gasteiger partial charge >= 0.3 is 12.1 Å². The van der Waals surface area contributed by atoms with Crippen LogP contribution in [0.2, 0.25) is 0 Å². The minimum absolute atomic E-state index is 0.132. The number of nitrogens with one attached hydrogen (secondary N) is 1. The molecule has 7 nitrogen and oxygen atoms in total. The number of aliphatic carboxylic acids is 1. The second kappa shape index (κ2) is 9.07. The van der Waals surface area contributed by atoms with E-state index in [1.54, 1.807) is 39.0 Å². The summed E-state index contributed by atoms with van der Waals surface area (Å²) in [5.41, 5.74) is 0.0654. The van der Waals surface area contributed by atoms with E-state index in [0.29, 0.717) is 5.75 Å². The second-order valence-electron chi connectivity index (χ2n) is 6.06. The SMILES string of the molecule is COCOc1ccc(C[C@H](NC(=O)OC(C)(C)C)C(=O)O)cc1I. The summed E-state index contributed by atoms with van der Waals surface area (Å²) in [4.78, 5) is 23.2. The summed E-state index contributed by atoms with van der Waals surface area (Å²) < 4.78 is 16.1. The summed E-state index contributed by atoms with van der Waals surface area (Å²) in [6.07, 6.45) is -0.626. The number of benzene rings is 1. The largest absolute Gasteiger partial charge is 0.480 e. The first-order valence-electron chi connectivity index (χ1n) is 7.25. The monoisotopic (exact) mass is 451 g/mol. The van der Waals surface area contributed by atoms with E-state index in [1.165, 1.54) is 7.11 Å². The van der Waals surface area contributed by atoms with E-state index < -0.39 is 23.7 Å². The van der Waals surface area contributed by atoms with Crippen LogP contribution >= 0.6 is 22.6 Å². The van der Waals surface area contributed by atoms with Crippen LogP contribution in [0.4, 0.5) is 4.79 Å². The Balaban J connectivity index is 2.77. The van der Waals surface area contributed by atoms with E-state index in [0.717, 1.165) is 9.13 Å². The van der Waals surface area contributed by atoms with E-state index >= 15 is 0 Å². The number of carboxylic acids is 1. The van der Waals surface area contributed by atoms with E-state index in [2.05, 4.69) is 27.9 Å². The van der Waals surface area contributed by atoms with Gasteiger partial charge in [0.25, 0.3) is 0 Å². The maximum atomic E-state index is 11.8. The lowest BCUT2D eigenvalue weighted by atomic mass is 10.1. The molecule has 0 saturated heterocycles. The third kappa shape index (κ3) is 7.35. The Kier molecular flexibility index (Phi) is 7.74. The lowest BCUT2D eigenvalue weighted by Crippen LogP contribution is -2.44. The molecule has 0 aromatic heterocycles. The molecule has 1 aromatic rings. The highest BCUT2D eigenvalue weighted by Crippen LogP contribution is 2.23. The van der Waals surface area contributed by atoms with Gasteiger partial charge in [0.1, 0.15) is 17.4 Å². The van der Waals surface area contributed by atoms with Crippen LogP contribution in [0.25, 0.3) is 0 Å². The van der Waals surface area contributed by atoms with Crippen LogP contribution < -0.4 is 10.1 Å². The molecule has 0 unspecified atom stereocenters. The summed E-state index contributed by atoms with van der Waals surface area (Å²) in [5, 5.41) is 11.7. The number of amides is 1. The van der Waals surface area contributed by atoms with Gasteiger partial charge in [-0.1, -0.05) is 6.07 Å². The Morgan fingerprint density at radius 1 is 1.33 bits per heavy atom. The lowest BCUT2D eigenvalue weighted by molar-refractivity contribution is -0.139. The normalized spacial score (nSPS) is 12.4. The van der Waals surface area contributed by atoms with Crippen molar-refractivity contribution >= 4 is 34.7 Å². The molecule has 1 aromatic carbocycles. The van der Waals surface area contributed by atoms with Crippen molar-refractivity contribution < 1.29 is 28.9 Å². The van der Waals surface area contributed by atoms with Crippen molar-refractivity contribution in [3.63, 3.8) is 0 Å². The summed E-state index contributed by atoms with van der Waals surface area (Å²) in [6, 6.07) is 4.21. The number of alkyl carbamates (subject to hydrolysis) is 1. The zero-order valence-corrected chi connectivity index (χ0v) is 16.2. The quantitative estimate of drug-likeness (QED) is 0.489. The number of ether oxygens (including phenoxy) is 3. The smallest absolute Gasteiger partial charge is 0.408 e. The molecule has 0 aliphatic heterocycles. The van der Waals surface area contributed by atoms with Crippen molar-refractivity contribution in [2.75, 3.05) is 13.9 Å². The van der Waals surface area contributed by atoms with Gasteiger partial charge < -0.3 is 24.6 Å². The fraction of sp³-hybridized carbons (Fsp3) is 0.500. The average Bonchev–Trinajstić information content (AvgIpc) is 2.43. The number of hydrogen-bond donors (Lipinski definition) is 2. The van der Waals surface area contributed by atoms with E-state index in [9.17, 15) is 14.7 Å². The molecule has 2 N–H and O–H groups in total. The molecule has 0 aliphatic carbocycles. The zero-order chi connectivity index (χ0) is 18.3. The molecule has 0 bridgehead atoms. The molecule has 0 aliphatic rings. The lowest BCUT2D eigenvalue weighted by Gasteiger charge is -2.22. The molecule has 1 rings (SSSR count). The van der Waals surface area contributed by atoms with E-state index in [-0.39, 0.29) is 13.2 Å². The third-order valence-corrected chi connectivity index (χ3v) is 3.60. The molecule has 0 heterocycles. The zero-order valence-electron chi connectivity index (χ0n) is 14.1. The van der Waals surface area contributed by atoms with Gasteiger partial charge in [0, 0.05) is 13.5 Å². The van der Waals surface area contributed by atoms with Crippen molar-refractivity contribution in [2.24, 2.45) is 0 Å². The van der Waals surface area contributed by atoms with Gasteiger partial charge in [-0.25, -0.2) is 9.59 Å². The van der Waals surface area contributed by atoms with E-state index in [1.807, 2.05) is 0 Å². The van der Waals surface area contributed by atoms with Crippen molar-refractivity contribution in [1.29, 1.82) is 0 Å². The Hall–Kier alpha value is -1.55. The minimum Gasteiger partial charge on any atom is -0.480 e. The van der Waals surface area contributed by atoms with Gasteiger partial charge in [-0.05, 0) is 61.1 Å². The van der Waals surface area contributed by atoms with Crippen LogP contribution in [-0.4, -0.2) is 42.7 Å². The number of hydrogen-bond acceptors (Lipinski definition) is 5. The Bertz CT molecular complexity index is 584. The number of halogens is 1. The Morgan fingerprint density at radius 3 is 2.50 bits per heavy atom. The summed E-state index contributed by atoms with van der Waals surface area (Å²) >= 11 is 2.09. The molecular weight excluding hydrogens is 429 g/mol. The fourth-order valence-corrected chi connectivity index (χ4v) is 2.53. The van der Waals surface area contributed by atoms with Crippen molar-refractivity contribution in [2.45, 2.75) is 38.8 Å². The third-order valence-electron chi connectivity index (χ3n) is 2.76. The molecule has 0 fully saturated rings. The molecule has 1 amide bonds. The minimum atomic E-state index is -1.13. The maximum Gasteiger partial charge on any atom is 0.408 e. The van der Waals surface area contributed by atoms with Gasteiger partial charge in [-0.2, -0.15) is 0 Å². The second-order valence-corrected chi connectivity index (χ2v) is 7.22. The van der Waals surface area contributed by atoms with Crippen LogP contribution in [-0.2, 0) is 20.7 Å². The van der Waals surface area contributed by atoms with Gasteiger partial charge in [-0.3, -0.25) is 0 Å². The topological polar surface area (TPSA) is 94.1 Å². The molecule has 0 spiro atoms. The highest BCUT2D eigenvalue weighted by atomic mass is 127. The van der Waals surface area contributed by atoms with Gasteiger partial charge in [0.2, 0.25) is 0 Å². The molecule has 24 heavy (non-hydrogen) atoms. The predicted octanol–water partition coefficient (Wildman–Crippen LogP) is 2.79. The molecular formula is C16H22INO6. The number of carboxylic acid groups (broad SMARTS) is 1. The first kappa shape index (κ1) is 20.5. The van der Waals surface area contributed by atoms with E-state index in [4.69, 9.17) is 14.2 Å². The number of rotatable bonds is 7. The number of carbonyl (C=O) groups excluding carboxylic acids is 1. The van der Waals surface area contributed by atoms with Gasteiger partial charge in [0.15, 0.2) is 6.79 Å². The van der Waals surface area contributed by atoms with Crippen molar-refractivity contribution in [3.05, 3.63) is 27.3 Å². The van der Waals surface area contributed by atoms with Crippen LogP contribution in [0.5, 0.6) is 5.75 Å².